The van der Waals surface area contributed by atoms with Crippen LogP contribution in [-0.4, -0.2) is 27.9 Å². The third-order valence-corrected chi connectivity index (χ3v) is 3.32. The van der Waals surface area contributed by atoms with E-state index < -0.39 is 9.84 Å². The fraction of sp³-hybridized carbons (Fsp3) is 0.364. The summed E-state index contributed by atoms with van der Waals surface area (Å²) in [5.41, 5.74) is 6.42. The zero-order valence-corrected chi connectivity index (χ0v) is 10.6. The van der Waals surface area contributed by atoms with Crippen molar-refractivity contribution in [3.8, 4) is 17.6 Å². The van der Waals surface area contributed by atoms with E-state index in [4.69, 9.17) is 20.5 Å². The zero-order valence-electron chi connectivity index (χ0n) is 9.76. The van der Waals surface area contributed by atoms with Gasteiger partial charge >= 0.3 is 0 Å². The Balaban J connectivity index is 2.60. The fourth-order valence-corrected chi connectivity index (χ4v) is 2.57. The number of hydrogen-bond acceptors (Lipinski definition) is 6. The first-order chi connectivity index (χ1) is 8.42. The van der Waals surface area contributed by atoms with Crippen LogP contribution in [0.15, 0.2) is 6.07 Å². The number of fused-ring (bicyclic) bond motifs is 1. The second-order valence-corrected chi connectivity index (χ2v) is 6.17. The largest absolute Gasteiger partial charge is 0.486 e. The summed E-state index contributed by atoms with van der Waals surface area (Å²) in [6.07, 6.45) is 1.11. The van der Waals surface area contributed by atoms with Crippen LogP contribution in [0.25, 0.3) is 0 Å². The van der Waals surface area contributed by atoms with Crippen molar-refractivity contribution in [3.05, 3.63) is 17.2 Å². The lowest BCUT2D eigenvalue weighted by Crippen LogP contribution is -2.18. The molecule has 0 atom stereocenters. The van der Waals surface area contributed by atoms with Crippen molar-refractivity contribution in [2.75, 3.05) is 25.2 Å². The van der Waals surface area contributed by atoms with E-state index in [-0.39, 0.29) is 17.0 Å². The molecule has 0 spiro atoms. The van der Waals surface area contributed by atoms with E-state index in [9.17, 15) is 8.42 Å². The molecule has 1 aliphatic heterocycles. The normalized spacial score (nSPS) is 14.0. The zero-order chi connectivity index (χ0) is 13.3. The van der Waals surface area contributed by atoms with E-state index in [1.165, 1.54) is 6.07 Å². The summed E-state index contributed by atoms with van der Waals surface area (Å²) in [6, 6.07) is 3.44. The molecule has 0 amide bonds. The fourth-order valence-electron chi connectivity index (χ4n) is 1.77. The highest BCUT2D eigenvalue weighted by molar-refractivity contribution is 7.89. The highest BCUT2D eigenvalue weighted by Crippen LogP contribution is 2.39. The Hall–Kier alpha value is -1.94. The molecule has 18 heavy (non-hydrogen) atoms. The van der Waals surface area contributed by atoms with Gasteiger partial charge in [-0.15, -0.1) is 0 Å². The molecule has 2 N–H and O–H groups in total. The van der Waals surface area contributed by atoms with Crippen molar-refractivity contribution in [1.29, 1.82) is 5.26 Å². The van der Waals surface area contributed by atoms with Crippen LogP contribution in [0.3, 0.4) is 0 Å². The van der Waals surface area contributed by atoms with Crippen LogP contribution in [0.2, 0.25) is 0 Å². The molecule has 1 aromatic carbocycles. The molecule has 7 heteroatoms. The highest BCUT2D eigenvalue weighted by Gasteiger charge is 2.23. The SMILES string of the molecule is CS(=O)(=O)Cc1cc2c(c(C#N)c1N)OCCO2. The number of nitrogens with zero attached hydrogens (tertiary/aromatic N) is 1. The van der Waals surface area contributed by atoms with Crippen LogP contribution in [-0.2, 0) is 15.6 Å². The van der Waals surface area contributed by atoms with Crippen molar-refractivity contribution in [2.45, 2.75) is 5.75 Å². The number of anilines is 1. The number of nitrogen functional groups attached to an aromatic ring is 1. The molecule has 0 aromatic heterocycles. The monoisotopic (exact) mass is 268 g/mol. The molecule has 0 aliphatic carbocycles. The standard InChI is InChI=1S/C11H12N2O4S/c1-18(14,15)6-7-4-9-11(17-3-2-16-9)8(5-12)10(7)13/h4H,2-3,6,13H2,1H3. The first-order valence-corrected chi connectivity index (χ1v) is 7.27. The lowest BCUT2D eigenvalue weighted by molar-refractivity contribution is 0.171. The Labute approximate surface area is 105 Å². The molecule has 2 rings (SSSR count). The smallest absolute Gasteiger partial charge is 0.181 e. The van der Waals surface area contributed by atoms with Gasteiger partial charge < -0.3 is 15.2 Å². The Bertz CT molecular complexity index is 631. The summed E-state index contributed by atoms with van der Waals surface area (Å²) in [5, 5.41) is 9.08. The Kier molecular flexibility index (Phi) is 3.05. The molecule has 0 bridgehead atoms. The number of rotatable bonds is 2. The molecule has 96 valence electrons. The van der Waals surface area contributed by atoms with Crippen LogP contribution in [0, 0.1) is 11.3 Å². The molecule has 0 radical (unpaired) electrons. The van der Waals surface area contributed by atoms with E-state index in [0.717, 1.165) is 6.26 Å². The minimum atomic E-state index is -3.24. The third kappa shape index (κ3) is 2.33. The molecular formula is C11H12N2O4S. The number of hydrogen-bond donors (Lipinski definition) is 1. The van der Waals surface area contributed by atoms with E-state index in [1.54, 1.807) is 0 Å². The van der Waals surface area contributed by atoms with Gasteiger partial charge in [-0.3, -0.25) is 0 Å². The molecule has 0 fully saturated rings. The van der Waals surface area contributed by atoms with Crippen molar-refractivity contribution in [2.24, 2.45) is 0 Å². The van der Waals surface area contributed by atoms with Gasteiger partial charge in [0, 0.05) is 6.26 Å². The maximum atomic E-state index is 11.3. The van der Waals surface area contributed by atoms with Gasteiger partial charge in [-0.05, 0) is 11.6 Å². The van der Waals surface area contributed by atoms with Gasteiger partial charge in [0.15, 0.2) is 21.3 Å². The predicted octanol–water partition coefficient (Wildman–Crippen LogP) is 0.456. The van der Waals surface area contributed by atoms with E-state index in [2.05, 4.69) is 0 Å². The molecule has 1 aromatic rings. The minimum Gasteiger partial charge on any atom is -0.486 e. The van der Waals surface area contributed by atoms with E-state index in [1.807, 2.05) is 6.07 Å². The van der Waals surface area contributed by atoms with Gasteiger partial charge in [-0.1, -0.05) is 0 Å². The van der Waals surface area contributed by atoms with Crippen molar-refractivity contribution < 1.29 is 17.9 Å². The first-order valence-electron chi connectivity index (χ1n) is 5.21. The predicted molar refractivity (Wildman–Crippen MR) is 65.1 cm³/mol. The van der Waals surface area contributed by atoms with Gasteiger partial charge in [0.2, 0.25) is 0 Å². The first kappa shape index (κ1) is 12.5. The number of ether oxygens (including phenoxy) is 2. The summed E-state index contributed by atoms with van der Waals surface area (Å²) in [4.78, 5) is 0. The van der Waals surface area contributed by atoms with E-state index >= 15 is 0 Å². The minimum absolute atomic E-state index is 0.130. The topological polar surface area (TPSA) is 102 Å². The van der Waals surface area contributed by atoms with Gasteiger partial charge in [-0.2, -0.15) is 5.26 Å². The molecule has 6 nitrogen and oxygen atoms in total. The maximum Gasteiger partial charge on any atom is 0.181 e. The lowest BCUT2D eigenvalue weighted by atomic mass is 10.1. The summed E-state index contributed by atoms with van der Waals surface area (Å²) in [6.45, 7) is 0.701. The molecule has 0 unspecified atom stereocenters. The Morgan fingerprint density at radius 3 is 2.72 bits per heavy atom. The van der Waals surface area contributed by atoms with Gasteiger partial charge in [0.05, 0.1) is 11.4 Å². The third-order valence-electron chi connectivity index (χ3n) is 2.49. The average Bonchev–Trinajstić information content (AvgIpc) is 2.28. The summed E-state index contributed by atoms with van der Waals surface area (Å²) >= 11 is 0. The molecule has 0 saturated carbocycles. The number of nitriles is 1. The summed E-state index contributed by atoms with van der Waals surface area (Å²) < 4.78 is 33.3. The second kappa shape index (κ2) is 4.38. The van der Waals surface area contributed by atoms with Gasteiger partial charge in [-0.25, -0.2) is 8.42 Å². The second-order valence-electron chi connectivity index (χ2n) is 4.03. The lowest BCUT2D eigenvalue weighted by Gasteiger charge is -2.21. The highest BCUT2D eigenvalue weighted by atomic mass is 32.2. The van der Waals surface area contributed by atoms with Crippen LogP contribution in [0.5, 0.6) is 11.5 Å². The molecule has 1 aliphatic rings. The van der Waals surface area contributed by atoms with Crippen LogP contribution >= 0.6 is 0 Å². The molecular weight excluding hydrogens is 256 g/mol. The van der Waals surface area contributed by atoms with Crippen molar-refractivity contribution in [1.82, 2.24) is 0 Å². The Morgan fingerprint density at radius 2 is 2.11 bits per heavy atom. The number of benzene rings is 1. The van der Waals surface area contributed by atoms with Gasteiger partial charge in [0.1, 0.15) is 24.8 Å². The van der Waals surface area contributed by atoms with Gasteiger partial charge in [0.25, 0.3) is 0 Å². The molecule has 1 heterocycles. The average molecular weight is 268 g/mol. The van der Waals surface area contributed by atoms with Crippen molar-refractivity contribution >= 4 is 15.5 Å². The summed E-state index contributed by atoms with van der Waals surface area (Å²) in [5.74, 6) is 0.425. The summed E-state index contributed by atoms with van der Waals surface area (Å²) in [7, 11) is -3.24. The quantitative estimate of drug-likeness (QED) is 0.781. The number of sulfone groups is 1. The number of nitrogens with two attached hydrogens (primary N) is 1. The van der Waals surface area contributed by atoms with Crippen LogP contribution < -0.4 is 15.2 Å². The Morgan fingerprint density at radius 1 is 1.44 bits per heavy atom. The maximum absolute atomic E-state index is 11.3. The van der Waals surface area contributed by atoms with Crippen LogP contribution in [0.4, 0.5) is 5.69 Å². The van der Waals surface area contributed by atoms with Crippen LogP contribution in [0.1, 0.15) is 11.1 Å². The molecule has 0 saturated heterocycles. The van der Waals surface area contributed by atoms with E-state index in [0.29, 0.717) is 30.3 Å². The van der Waals surface area contributed by atoms with Crippen molar-refractivity contribution in [3.63, 3.8) is 0 Å².